The Labute approximate surface area is 167 Å². The molecule has 0 aliphatic rings. The second-order valence-electron chi connectivity index (χ2n) is 6.71. The molecule has 0 unspecified atom stereocenters. The van der Waals surface area contributed by atoms with Crippen LogP contribution in [-0.2, 0) is 19.9 Å². The van der Waals surface area contributed by atoms with E-state index in [1.54, 1.807) is 11.6 Å². The topological polar surface area (TPSA) is 51.1 Å². The summed E-state index contributed by atoms with van der Waals surface area (Å²) in [5.74, 6) is -0.133. The third-order valence-electron chi connectivity index (χ3n) is 4.84. The van der Waals surface area contributed by atoms with Gasteiger partial charge < -0.3 is 9.88 Å². The highest BCUT2D eigenvalue weighted by molar-refractivity contribution is 7.16. The number of aryl methyl sites for hydroxylation is 3. The highest BCUT2D eigenvalue weighted by atomic mass is 32.1. The number of fused-ring (bicyclic) bond motifs is 1. The number of aromatic nitrogens is 1. The Morgan fingerprint density at radius 1 is 0.964 bits per heavy atom. The third-order valence-corrected chi connectivity index (χ3v) is 5.83. The van der Waals surface area contributed by atoms with Crippen LogP contribution in [0.2, 0.25) is 0 Å². The molecule has 0 saturated heterocycles. The van der Waals surface area contributed by atoms with Crippen LogP contribution in [0.25, 0.3) is 10.2 Å². The Balaban J connectivity index is 1.54. The van der Waals surface area contributed by atoms with E-state index >= 15 is 0 Å². The minimum absolute atomic E-state index is 0.00951. The fourth-order valence-electron chi connectivity index (χ4n) is 3.29. The van der Waals surface area contributed by atoms with E-state index in [1.165, 1.54) is 16.9 Å². The summed E-state index contributed by atoms with van der Waals surface area (Å²) in [6.45, 7) is 0. The summed E-state index contributed by atoms with van der Waals surface area (Å²) in [5.41, 5.74) is 4.52. The number of rotatable bonds is 5. The first-order valence-corrected chi connectivity index (χ1v) is 9.96. The van der Waals surface area contributed by atoms with Gasteiger partial charge in [-0.3, -0.25) is 9.59 Å². The number of hydrogen-bond donors (Lipinski definition) is 1. The average molecular weight is 388 g/mol. The Bertz CT molecular complexity index is 1190. The maximum absolute atomic E-state index is 12.9. The number of carbonyl (C=O) groups excluding carboxylic acids is 1. The van der Waals surface area contributed by atoms with Crippen molar-refractivity contribution in [3.63, 3.8) is 0 Å². The maximum atomic E-state index is 12.9. The number of nitrogens with one attached hydrogen (secondary N) is 1. The second kappa shape index (κ2) is 7.82. The molecule has 0 aliphatic carbocycles. The zero-order chi connectivity index (χ0) is 19.5. The van der Waals surface area contributed by atoms with Crippen molar-refractivity contribution in [3.8, 4) is 0 Å². The first-order chi connectivity index (χ1) is 13.6. The average Bonchev–Trinajstić information content (AvgIpc) is 3.00. The summed E-state index contributed by atoms with van der Waals surface area (Å²) in [6.07, 6.45) is 1.68. The van der Waals surface area contributed by atoms with Crippen molar-refractivity contribution in [2.45, 2.75) is 12.8 Å². The van der Waals surface area contributed by atoms with Gasteiger partial charge in [0, 0.05) is 18.3 Å². The minimum Gasteiger partial charge on any atom is -0.322 e. The van der Waals surface area contributed by atoms with Gasteiger partial charge in [0.25, 0.3) is 5.91 Å². The molecule has 0 radical (unpaired) electrons. The summed E-state index contributed by atoms with van der Waals surface area (Å²) >= 11 is 1.18. The Kier molecular flexibility index (Phi) is 5.08. The lowest BCUT2D eigenvalue weighted by Crippen LogP contribution is -2.14. The van der Waals surface area contributed by atoms with Gasteiger partial charge in [0.05, 0.1) is 10.2 Å². The molecule has 0 saturated carbocycles. The van der Waals surface area contributed by atoms with Crippen LogP contribution in [0.15, 0.2) is 77.6 Å². The van der Waals surface area contributed by atoms with E-state index in [4.69, 9.17) is 0 Å². The Morgan fingerprint density at radius 3 is 2.54 bits per heavy atom. The molecule has 0 fully saturated rings. The quantitative estimate of drug-likeness (QED) is 0.542. The lowest BCUT2D eigenvalue weighted by Gasteiger charge is -2.11. The predicted octanol–water partition coefficient (Wildman–Crippen LogP) is 4.64. The van der Waals surface area contributed by atoms with Gasteiger partial charge in [0.15, 0.2) is 0 Å². The molecule has 0 spiro atoms. The van der Waals surface area contributed by atoms with E-state index in [1.807, 2.05) is 60.7 Å². The van der Waals surface area contributed by atoms with Crippen LogP contribution in [0.1, 0.15) is 21.5 Å². The van der Waals surface area contributed by atoms with Gasteiger partial charge in [-0.1, -0.05) is 59.9 Å². The van der Waals surface area contributed by atoms with Crippen molar-refractivity contribution in [1.29, 1.82) is 0 Å². The van der Waals surface area contributed by atoms with Crippen molar-refractivity contribution in [1.82, 2.24) is 4.57 Å². The van der Waals surface area contributed by atoms with Crippen LogP contribution in [-0.4, -0.2) is 10.5 Å². The number of nitrogens with zero attached hydrogens (tertiary/aromatic N) is 1. The summed E-state index contributed by atoms with van der Waals surface area (Å²) in [7, 11) is 1.75. The third kappa shape index (κ3) is 3.75. The molecule has 4 rings (SSSR count). The number of carbonyl (C=O) groups is 1. The van der Waals surface area contributed by atoms with E-state index in [0.29, 0.717) is 11.3 Å². The lowest BCUT2D eigenvalue weighted by molar-refractivity contribution is 0.102. The number of benzene rings is 3. The van der Waals surface area contributed by atoms with Gasteiger partial charge in [0.2, 0.25) is 0 Å². The molecule has 1 N–H and O–H groups in total. The van der Waals surface area contributed by atoms with E-state index in [0.717, 1.165) is 28.6 Å². The number of anilines is 1. The number of thiazole rings is 1. The van der Waals surface area contributed by atoms with Gasteiger partial charge in [-0.25, -0.2) is 0 Å². The number of amides is 1. The first-order valence-electron chi connectivity index (χ1n) is 9.14. The molecule has 5 heteroatoms. The maximum Gasteiger partial charge on any atom is 0.307 e. The molecular weight excluding hydrogens is 368 g/mol. The molecule has 0 aliphatic heterocycles. The molecule has 3 aromatic carbocycles. The molecular formula is C23H20N2O2S. The second-order valence-corrected chi connectivity index (χ2v) is 7.70. The smallest absolute Gasteiger partial charge is 0.307 e. The van der Waals surface area contributed by atoms with Crippen molar-refractivity contribution < 1.29 is 4.79 Å². The summed E-state index contributed by atoms with van der Waals surface area (Å²) in [5, 5.41) is 2.97. The SMILES string of the molecule is Cn1c(=O)sc2cc(NC(=O)c3ccccc3CCc3ccccc3)ccc21. The predicted molar refractivity (Wildman–Crippen MR) is 115 cm³/mol. The molecule has 0 bridgehead atoms. The molecule has 4 aromatic rings. The van der Waals surface area contributed by atoms with E-state index in [2.05, 4.69) is 17.4 Å². The molecule has 1 amide bonds. The molecule has 28 heavy (non-hydrogen) atoms. The van der Waals surface area contributed by atoms with E-state index in [9.17, 15) is 9.59 Å². The summed E-state index contributed by atoms with van der Waals surface area (Å²) < 4.78 is 2.48. The fraction of sp³-hybridized carbons (Fsp3) is 0.130. The lowest BCUT2D eigenvalue weighted by atomic mass is 9.99. The Morgan fingerprint density at radius 2 is 1.71 bits per heavy atom. The highest BCUT2D eigenvalue weighted by Gasteiger charge is 2.12. The van der Waals surface area contributed by atoms with Gasteiger partial charge in [-0.2, -0.15) is 0 Å². The summed E-state index contributed by atoms with van der Waals surface area (Å²) in [6, 6.07) is 23.5. The molecule has 1 heterocycles. The van der Waals surface area contributed by atoms with Crippen molar-refractivity contribution in [2.24, 2.45) is 7.05 Å². The van der Waals surface area contributed by atoms with Gasteiger partial charge in [0.1, 0.15) is 0 Å². The Hall–Kier alpha value is -3.18. The van der Waals surface area contributed by atoms with Crippen molar-refractivity contribution >= 4 is 33.1 Å². The van der Waals surface area contributed by atoms with Crippen molar-refractivity contribution in [3.05, 3.63) is 99.2 Å². The van der Waals surface area contributed by atoms with Gasteiger partial charge in [-0.15, -0.1) is 0 Å². The molecule has 0 atom stereocenters. The molecule has 1 aromatic heterocycles. The van der Waals surface area contributed by atoms with Crippen LogP contribution in [0, 0.1) is 0 Å². The van der Waals surface area contributed by atoms with Crippen LogP contribution >= 0.6 is 11.3 Å². The van der Waals surface area contributed by atoms with E-state index in [-0.39, 0.29) is 10.8 Å². The highest BCUT2D eigenvalue weighted by Crippen LogP contribution is 2.22. The largest absolute Gasteiger partial charge is 0.322 e. The first kappa shape index (κ1) is 18.2. The van der Waals surface area contributed by atoms with Crippen LogP contribution in [0.5, 0.6) is 0 Å². The fourth-order valence-corrected chi connectivity index (χ4v) is 4.21. The zero-order valence-electron chi connectivity index (χ0n) is 15.5. The minimum atomic E-state index is -0.133. The normalized spacial score (nSPS) is 10.9. The zero-order valence-corrected chi connectivity index (χ0v) is 16.3. The molecule has 4 nitrogen and oxygen atoms in total. The van der Waals surface area contributed by atoms with Crippen LogP contribution in [0.3, 0.4) is 0 Å². The van der Waals surface area contributed by atoms with Crippen molar-refractivity contribution in [2.75, 3.05) is 5.32 Å². The standard InChI is InChI=1S/C23H20N2O2S/c1-25-20-14-13-18(15-21(20)28-23(25)27)24-22(26)19-10-6-5-9-17(19)12-11-16-7-3-2-4-8-16/h2-10,13-15H,11-12H2,1H3,(H,24,26). The number of hydrogen-bond acceptors (Lipinski definition) is 3. The molecule has 140 valence electrons. The van der Waals surface area contributed by atoms with Crippen LogP contribution < -0.4 is 10.2 Å². The van der Waals surface area contributed by atoms with Gasteiger partial charge >= 0.3 is 4.87 Å². The van der Waals surface area contributed by atoms with E-state index < -0.39 is 0 Å². The van der Waals surface area contributed by atoms with Crippen LogP contribution in [0.4, 0.5) is 5.69 Å². The monoisotopic (exact) mass is 388 g/mol. The van der Waals surface area contributed by atoms with Gasteiger partial charge in [-0.05, 0) is 48.2 Å². The summed E-state index contributed by atoms with van der Waals surface area (Å²) in [4.78, 5) is 24.7.